The van der Waals surface area contributed by atoms with Crippen LogP contribution in [0, 0.1) is 0 Å². The molecule has 0 saturated carbocycles. The molecule has 3 nitrogen and oxygen atoms in total. The average molecular weight is 210 g/mol. The van der Waals surface area contributed by atoms with Gasteiger partial charge in [0.1, 0.15) is 0 Å². The number of para-hydroxylation sites is 1. The zero-order valence-corrected chi connectivity index (χ0v) is 9.32. The van der Waals surface area contributed by atoms with Gasteiger partial charge in [-0.3, -0.25) is 0 Å². The van der Waals surface area contributed by atoms with Crippen LogP contribution in [0.1, 0.15) is 25.3 Å². The maximum atomic E-state index is 9.11. The number of aliphatic hydroxyl groups is 1. The first-order valence-electron chi connectivity index (χ1n) is 5.23. The minimum Gasteiger partial charge on any atom is -0.492 e. The summed E-state index contributed by atoms with van der Waals surface area (Å²) < 4.78 is 10.8. The van der Waals surface area contributed by atoms with E-state index in [2.05, 4.69) is 6.92 Å². The highest BCUT2D eigenvalue weighted by Crippen LogP contribution is 2.30. The molecule has 1 N–H and O–H groups in total. The Morgan fingerprint density at radius 2 is 2.13 bits per heavy atom. The van der Waals surface area contributed by atoms with Crippen molar-refractivity contribution in [3.05, 3.63) is 23.8 Å². The molecule has 1 rings (SSSR count). The normalized spacial score (nSPS) is 10.1. The van der Waals surface area contributed by atoms with Gasteiger partial charge in [0, 0.05) is 5.56 Å². The molecule has 0 amide bonds. The van der Waals surface area contributed by atoms with Gasteiger partial charge in [-0.25, -0.2) is 0 Å². The standard InChI is InChI=1S/C12H18O3/c1-3-4-8-15-11-7-5-6-10(9-13)12(11)14-2/h5-7,13H,3-4,8-9H2,1-2H3. The third-order valence-corrected chi connectivity index (χ3v) is 2.19. The molecule has 15 heavy (non-hydrogen) atoms. The molecule has 0 aliphatic carbocycles. The molecule has 0 aromatic heterocycles. The lowest BCUT2D eigenvalue weighted by Gasteiger charge is -2.12. The highest BCUT2D eigenvalue weighted by atomic mass is 16.5. The van der Waals surface area contributed by atoms with Crippen LogP contribution in [0.15, 0.2) is 18.2 Å². The highest BCUT2D eigenvalue weighted by molar-refractivity contribution is 5.46. The number of unbranched alkanes of at least 4 members (excludes halogenated alkanes) is 1. The number of benzene rings is 1. The van der Waals surface area contributed by atoms with Gasteiger partial charge < -0.3 is 14.6 Å². The summed E-state index contributed by atoms with van der Waals surface area (Å²) >= 11 is 0. The van der Waals surface area contributed by atoms with Gasteiger partial charge in [-0.1, -0.05) is 25.5 Å². The predicted octanol–water partition coefficient (Wildman–Crippen LogP) is 2.37. The van der Waals surface area contributed by atoms with Crippen LogP contribution in [0.25, 0.3) is 0 Å². The molecule has 0 atom stereocenters. The van der Waals surface area contributed by atoms with Crippen LogP contribution in [0.3, 0.4) is 0 Å². The number of ether oxygens (including phenoxy) is 2. The van der Waals surface area contributed by atoms with Gasteiger partial charge in [-0.2, -0.15) is 0 Å². The second-order valence-electron chi connectivity index (χ2n) is 3.31. The third kappa shape index (κ3) is 3.13. The molecule has 0 fully saturated rings. The number of aliphatic hydroxyl groups excluding tert-OH is 1. The fourth-order valence-corrected chi connectivity index (χ4v) is 1.36. The second-order valence-corrected chi connectivity index (χ2v) is 3.31. The summed E-state index contributed by atoms with van der Waals surface area (Å²) in [5, 5.41) is 9.11. The van der Waals surface area contributed by atoms with Crippen molar-refractivity contribution in [1.29, 1.82) is 0 Å². The van der Waals surface area contributed by atoms with Gasteiger partial charge in [-0.15, -0.1) is 0 Å². The van der Waals surface area contributed by atoms with Crippen molar-refractivity contribution in [1.82, 2.24) is 0 Å². The minimum atomic E-state index is -0.0336. The summed E-state index contributed by atoms with van der Waals surface area (Å²) in [5.41, 5.74) is 0.756. The third-order valence-electron chi connectivity index (χ3n) is 2.19. The Morgan fingerprint density at radius 1 is 1.33 bits per heavy atom. The first kappa shape index (κ1) is 11.9. The topological polar surface area (TPSA) is 38.7 Å². The monoisotopic (exact) mass is 210 g/mol. The molecule has 1 aromatic carbocycles. The Kier molecular flexibility index (Phi) is 4.98. The molecule has 1 aromatic rings. The van der Waals surface area contributed by atoms with Crippen molar-refractivity contribution in [3.63, 3.8) is 0 Å². The summed E-state index contributed by atoms with van der Waals surface area (Å²) in [6, 6.07) is 5.54. The Morgan fingerprint density at radius 3 is 2.73 bits per heavy atom. The molecule has 3 heteroatoms. The van der Waals surface area contributed by atoms with Gasteiger partial charge in [0.15, 0.2) is 11.5 Å². The van der Waals surface area contributed by atoms with Crippen LogP contribution in [0.4, 0.5) is 0 Å². The first-order chi connectivity index (χ1) is 7.33. The molecule has 0 radical (unpaired) electrons. The molecule has 0 bridgehead atoms. The minimum absolute atomic E-state index is 0.0336. The van der Waals surface area contributed by atoms with Crippen molar-refractivity contribution in [2.24, 2.45) is 0 Å². The van der Waals surface area contributed by atoms with E-state index in [-0.39, 0.29) is 6.61 Å². The quantitative estimate of drug-likeness (QED) is 0.732. The van der Waals surface area contributed by atoms with E-state index in [4.69, 9.17) is 14.6 Å². The zero-order valence-electron chi connectivity index (χ0n) is 9.32. The van der Waals surface area contributed by atoms with Gasteiger partial charge in [0.05, 0.1) is 20.3 Å². The summed E-state index contributed by atoms with van der Waals surface area (Å²) in [6.07, 6.45) is 2.12. The molecule has 0 aliphatic rings. The van der Waals surface area contributed by atoms with Crippen molar-refractivity contribution < 1.29 is 14.6 Å². The molecule has 84 valence electrons. The van der Waals surface area contributed by atoms with Crippen molar-refractivity contribution in [3.8, 4) is 11.5 Å². The molecular formula is C12H18O3. The Bertz CT molecular complexity index is 297. The number of rotatable bonds is 6. The first-order valence-corrected chi connectivity index (χ1v) is 5.23. The Hall–Kier alpha value is -1.22. The lowest BCUT2D eigenvalue weighted by atomic mass is 10.2. The van der Waals surface area contributed by atoms with E-state index in [1.165, 1.54) is 0 Å². The predicted molar refractivity (Wildman–Crippen MR) is 59.3 cm³/mol. The lowest BCUT2D eigenvalue weighted by molar-refractivity contribution is 0.261. The van der Waals surface area contributed by atoms with Crippen LogP contribution in [-0.2, 0) is 6.61 Å². The van der Waals surface area contributed by atoms with E-state index in [0.717, 1.165) is 18.4 Å². The Labute approximate surface area is 90.6 Å². The van der Waals surface area contributed by atoms with Gasteiger partial charge >= 0.3 is 0 Å². The molecule has 0 heterocycles. The average Bonchev–Trinajstić information content (AvgIpc) is 2.29. The second kappa shape index (κ2) is 6.30. The zero-order chi connectivity index (χ0) is 11.1. The van der Waals surface area contributed by atoms with Crippen LogP contribution in [0.5, 0.6) is 11.5 Å². The van der Waals surface area contributed by atoms with E-state index in [1.807, 2.05) is 18.2 Å². The van der Waals surface area contributed by atoms with Gasteiger partial charge in [-0.05, 0) is 12.5 Å². The van der Waals surface area contributed by atoms with E-state index < -0.39 is 0 Å². The van der Waals surface area contributed by atoms with Crippen LogP contribution in [0.2, 0.25) is 0 Å². The van der Waals surface area contributed by atoms with E-state index >= 15 is 0 Å². The highest BCUT2D eigenvalue weighted by Gasteiger charge is 2.08. The van der Waals surface area contributed by atoms with Crippen LogP contribution in [-0.4, -0.2) is 18.8 Å². The largest absolute Gasteiger partial charge is 0.492 e. The number of hydrogen-bond donors (Lipinski definition) is 1. The fourth-order valence-electron chi connectivity index (χ4n) is 1.36. The summed E-state index contributed by atoms with van der Waals surface area (Å²) in [4.78, 5) is 0. The molecule has 0 saturated heterocycles. The van der Waals surface area contributed by atoms with Crippen molar-refractivity contribution in [2.45, 2.75) is 26.4 Å². The van der Waals surface area contributed by atoms with Gasteiger partial charge in [0.25, 0.3) is 0 Å². The van der Waals surface area contributed by atoms with Crippen LogP contribution >= 0.6 is 0 Å². The maximum Gasteiger partial charge on any atom is 0.166 e. The lowest BCUT2D eigenvalue weighted by Crippen LogP contribution is -2.00. The summed E-state index contributed by atoms with van der Waals surface area (Å²) in [7, 11) is 1.58. The molecule has 0 unspecified atom stereocenters. The SMILES string of the molecule is CCCCOc1cccc(CO)c1OC. The van der Waals surface area contributed by atoms with E-state index in [9.17, 15) is 0 Å². The van der Waals surface area contributed by atoms with E-state index in [0.29, 0.717) is 18.1 Å². The smallest absolute Gasteiger partial charge is 0.166 e. The van der Waals surface area contributed by atoms with Crippen molar-refractivity contribution >= 4 is 0 Å². The fraction of sp³-hybridized carbons (Fsp3) is 0.500. The molecule has 0 aliphatic heterocycles. The van der Waals surface area contributed by atoms with E-state index in [1.54, 1.807) is 7.11 Å². The summed E-state index contributed by atoms with van der Waals surface area (Å²) in [5.74, 6) is 1.34. The molecular weight excluding hydrogens is 192 g/mol. The van der Waals surface area contributed by atoms with Crippen LogP contribution < -0.4 is 9.47 Å². The van der Waals surface area contributed by atoms with Gasteiger partial charge in [0.2, 0.25) is 0 Å². The maximum absolute atomic E-state index is 9.11. The van der Waals surface area contributed by atoms with Crippen molar-refractivity contribution in [2.75, 3.05) is 13.7 Å². The number of hydrogen-bond acceptors (Lipinski definition) is 3. The summed E-state index contributed by atoms with van der Waals surface area (Å²) in [6.45, 7) is 2.76. The molecule has 0 spiro atoms. The number of methoxy groups -OCH3 is 1. The Balaban J connectivity index is 2.76.